The summed E-state index contributed by atoms with van der Waals surface area (Å²) >= 11 is 1.39. The zero-order chi connectivity index (χ0) is 11.4. The van der Waals surface area contributed by atoms with Crippen molar-refractivity contribution in [2.24, 2.45) is 4.99 Å². The second-order valence-electron chi connectivity index (χ2n) is 3.13. The van der Waals surface area contributed by atoms with Gasteiger partial charge in [0, 0.05) is 18.8 Å². The first-order valence-electron chi connectivity index (χ1n) is 4.63. The highest BCUT2D eigenvalue weighted by atomic mass is 32.2. The molecule has 1 aliphatic heterocycles. The Hall–Kier alpha value is -1.76. The summed E-state index contributed by atoms with van der Waals surface area (Å²) in [5, 5.41) is 9.69. The van der Waals surface area contributed by atoms with E-state index >= 15 is 0 Å². The summed E-state index contributed by atoms with van der Waals surface area (Å²) in [5.74, 6) is 0.820. The Balaban J connectivity index is 1.94. The highest BCUT2D eigenvalue weighted by molar-refractivity contribution is 7.99. The Labute approximate surface area is 96.9 Å². The number of hydrogen-bond donors (Lipinski definition) is 2. The maximum atomic E-state index is 9.24. The van der Waals surface area contributed by atoms with Crippen LogP contribution in [-0.4, -0.2) is 38.7 Å². The van der Waals surface area contributed by atoms with Gasteiger partial charge in [0.1, 0.15) is 5.82 Å². The van der Waals surface area contributed by atoms with E-state index < -0.39 is 0 Å². The van der Waals surface area contributed by atoms with Crippen molar-refractivity contribution in [2.45, 2.75) is 5.16 Å². The molecule has 1 aromatic heterocycles. The van der Waals surface area contributed by atoms with Gasteiger partial charge in [-0.2, -0.15) is 4.98 Å². The number of nitrogen functional groups attached to an aromatic ring is 1. The van der Waals surface area contributed by atoms with Crippen molar-refractivity contribution in [3.63, 3.8) is 0 Å². The van der Waals surface area contributed by atoms with Crippen LogP contribution in [0.3, 0.4) is 0 Å². The van der Waals surface area contributed by atoms with Gasteiger partial charge in [-0.3, -0.25) is 0 Å². The Morgan fingerprint density at radius 3 is 3.06 bits per heavy atom. The lowest BCUT2D eigenvalue weighted by Gasteiger charge is -2.17. The molecule has 3 N–H and O–H groups in total. The van der Waals surface area contributed by atoms with Crippen molar-refractivity contribution >= 4 is 23.9 Å². The van der Waals surface area contributed by atoms with Gasteiger partial charge in [-0.15, -0.1) is 0 Å². The summed E-state index contributed by atoms with van der Waals surface area (Å²) in [4.78, 5) is 13.8. The maximum absolute atomic E-state index is 9.24. The molecule has 16 heavy (non-hydrogen) atoms. The molecule has 0 fully saturated rings. The fraction of sp³-hybridized carbons (Fsp3) is 0.222. The Bertz CT molecular complexity index is 414. The largest absolute Gasteiger partial charge is 0.493 e. The number of rotatable bonds is 3. The Morgan fingerprint density at radius 1 is 1.50 bits per heavy atom. The van der Waals surface area contributed by atoms with E-state index in [9.17, 15) is 5.11 Å². The van der Waals surface area contributed by atoms with Crippen LogP contribution < -0.4 is 5.73 Å². The standard InChI is InChI=1S/C9H11N5OS/c10-7-4-8(15)13-9(12-7)16-6-14-3-1-2-11-5-14/h1-2,4-5H,3,6H2,(H3,10,12,13,15). The number of thioether (sulfide) groups is 1. The molecule has 0 saturated carbocycles. The van der Waals surface area contributed by atoms with E-state index in [2.05, 4.69) is 15.0 Å². The fourth-order valence-corrected chi connectivity index (χ4v) is 1.93. The van der Waals surface area contributed by atoms with Crippen LogP contribution in [0.4, 0.5) is 5.82 Å². The molecular formula is C9H11N5OS. The summed E-state index contributed by atoms with van der Waals surface area (Å²) in [6, 6.07) is 1.31. The summed E-state index contributed by atoms with van der Waals surface area (Å²) in [5.41, 5.74) is 5.49. The lowest BCUT2D eigenvalue weighted by molar-refractivity contribution is 0.446. The van der Waals surface area contributed by atoms with Crippen LogP contribution in [0.15, 0.2) is 28.5 Å². The monoisotopic (exact) mass is 237 g/mol. The van der Waals surface area contributed by atoms with E-state index in [-0.39, 0.29) is 11.7 Å². The van der Waals surface area contributed by atoms with Crippen molar-refractivity contribution in [3.05, 3.63) is 18.3 Å². The van der Waals surface area contributed by atoms with E-state index in [1.807, 2.05) is 11.0 Å². The molecule has 0 saturated heterocycles. The minimum Gasteiger partial charge on any atom is -0.493 e. The zero-order valence-corrected chi connectivity index (χ0v) is 9.26. The summed E-state index contributed by atoms with van der Waals surface area (Å²) in [6.07, 6.45) is 5.46. The number of aromatic nitrogens is 2. The van der Waals surface area contributed by atoms with Crippen molar-refractivity contribution < 1.29 is 5.11 Å². The first-order valence-corrected chi connectivity index (χ1v) is 5.61. The molecule has 1 aliphatic rings. The summed E-state index contributed by atoms with van der Waals surface area (Å²) in [7, 11) is 0. The van der Waals surface area contributed by atoms with Crippen LogP contribution in [0.25, 0.3) is 0 Å². The van der Waals surface area contributed by atoms with E-state index in [0.29, 0.717) is 11.0 Å². The molecular weight excluding hydrogens is 226 g/mol. The topological polar surface area (TPSA) is 87.6 Å². The third-order valence-electron chi connectivity index (χ3n) is 1.83. The third kappa shape index (κ3) is 2.86. The molecule has 7 heteroatoms. The predicted octanol–water partition coefficient (Wildman–Crippen LogP) is 0.672. The van der Waals surface area contributed by atoms with E-state index in [1.54, 1.807) is 12.5 Å². The van der Waals surface area contributed by atoms with Gasteiger partial charge in [0.05, 0.1) is 12.2 Å². The average molecular weight is 237 g/mol. The summed E-state index contributed by atoms with van der Waals surface area (Å²) < 4.78 is 0. The Morgan fingerprint density at radius 2 is 2.38 bits per heavy atom. The van der Waals surface area contributed by atoms with E-state index in [0.717, 1.165) is 6.54 Å². The van der Waals surface area contributed by atoms with Gasteiger partial charge in [-0.25, -0.2) is 9.98 Å². The fourth-order valence-electron chi connectivity index (χ4n) is 1.14. The molecule has 2 heterocycles. The molecule has 0 bridgehead atoms. The smallest absolute Gasteiger partial charge is 0.216 e. The van der Waals surface area contributed by atoms with Crippen molar-refractivity contribution in [1.82, 2.24) is 14.9 Å². The lowest BCUT2D eigenvalue weighted by Crippen LogP contribution is -2.23. The summed E-state index contributed by atoms with van der Waals surface area (Å²) in [6.45, 7) is 0.810. The number of aromatic hydroxyl groups is 1. The molecule has 2 rings (SSSR count). The first-order chi connectivity index (χ1) is 7.74. The molecule has 0 unspecified atom stereocenters. The number of aliphatic imine (C=N–C) groups is 1. The second-order valence-corrected chi connectivity index (χ2v) is 4.04. The normalized spacial score (nSPS) is 14.4. The molecule has 6 nitrogen and oxygen atoms in total. The second kappa shape index (κ2) is 4.84. The van der Waals surface area contributed by atoms with Gasteiger partial charge in [0.15, 0.2) is 5.16 Å². The van der Waals surface area contributed by atoms with Crippen molar-refractivity contribution in [1.29, 1.82) is 0 Å². The van der Waals surface area contributed by atoms with Gasteiger partial charge < -0.3 is 15.7 Å². The third-order valence-corrected chi connectivity index (χ3v) is 2.73. The van der Waals surface area contributed by atoms with Crippen molar-refractivity contribution in [3.8, 4) is 5.88 Å². The van der Waals surface area contributed by atoms with Crippen LogP contribution in [-0.2, 0) is 0 Å². The quantitative estimate of drug-likeness (QED) is 0.593. The van der Waals surface area contributed by atoms with Gasteiger partial charge in [-0.1, -0.05) is 11.8 Å². The van der Waals surface area contributed by atoms with Gasteiger partial charge >= 0.3 is 0 Å². The van der Waals surface area contributed by atoms with Crippen LogP contribution in [0.5, 0.6) is 5.88 Å². The van der Waals surface area contributed by atoms with Gasteiger partial charge in [0.2, 0.25) is 5.88 Å². The SMILES string of the molecule is Nc1cc(O)nc(SCN2C=NC=CC2)n1. The van der Waals surface area contributed by atoms with Crippen LogP contribution in [0.2, 0.25) is 0 Å². The van der Waals surface area contributed by atoms with Crippen LogP contribution >= 0.6 is 11.8 Å². The van der Waals surface area contributed by atoms with E-state index in [4.69, 9.17) is 5.73 Å². The maximum Gasteiger partial charge on any atom is 0.216 e. The number of hydrogen-bond acceptors (Lipinski definition) is 7. The highest BCUT2D eigenvalue weighted by Crippen LogP contribution is 2.18. The van der Waals surface area contributed by atoms with Crippen LogP contribution in [0.1, 0.15) is 0 Å². The van der Waals surface area contributed by atoms with E-state index in [1.165, 1.54) is 17.8 Å². The number of anilines is 1. The molecule has 0 atom stereocenters. The molecule has 0 aromatic carbocycles. The van der Waals surface area contributed by atoms with Crippen molar-refractivity contribution in [2.75, 3.05) is 18.2 Å². The van der Waals surface area contributed by atoms with Crippen LogP contribution in [0, 0.1) is 0 Å². The molecule has 0 spiro atoms. The lowest BCUT2D eigenvalue weighted by atomic mass is 10.5. The predicted molar refractivity (Wildman–Crippen MR) is 63.2 cm³/mol. The average Bonchev–Trinajstić information content (AvgIpc) is 2.27. The van der Waals surface area contributed by atoms with Gasteiger partial charge in [-0.05, 0) is 6.08 Å². The number of nitrogens with zero attached hydrogens (tertiary/aromatic N) is 4. The minimum atomic E-state index is -0.109. The zero-order valence-electron chi connectivity index (χ0n) is 8.45. The molecule has 0 radical (unpaired) electrons. The number of nitrogens with two attached hydrogens (primary N) is 1. The first kappa shape index (κ1) is 10.7. The molecule has 84 valence electrons. The molecule has 1 aromatic rings. The molecule has 0 amide bonds. The Kier molecular flexibility index (Phi) is 3.25. The molecule has 0 aliphatic carbocycles. The van der Waals surface area contributed by atoms with Gasteiger partial charge in [0.25, 0.3) is 0 Å². The highest BCUT2D eigenvalue weighted by Gasteiger charge is 2.05. The minimum absolute atomic E-state index is 0.109.